The summed E-state index contributed by atoms with van der Waals surface area (Å²) in [7, 11) is 0. The summed E-state index contributed by atoms with van der Waals surface area (Å²) in [5.41, 5.74) is 2.09. The van der Waals surface area contributed by atoms with Gasteiger partial charge in [0.05, 0.1) is 13.2 Å². The summed E-state index contributed by atoms with van der Waals surface area (Å²) < 4.78 is 11.0. The Morgan fingerprint density at radius 2 is 2.07 bits per heavy atom. The Morgan fingerprint density at radius 1 is 1.14 bits per heavy atom. The first-order chi connectivity index (χ1) is 6.93. The molecule has 0 spiro atoms. The Labute approximate surface area is 81.8 Å². The van der Waals surface area contributed by atoms with E-state index in [4.69, 9.17) is 9.15 Å². The normalized spacial score (nSPS) is 16.1. The monoisotopic (exact) mass is 186 g/mol. The largest absolute Gasteiger partial charge is 0.456 e. The van der Waals surface area contributed by atoms with Gasteiger partial charge in [0.2, 0.25) is 0 Å². The number of benzene rings is 1. The van der Waals surface area contributed by atoms with Gasteiger partial charge in [-0.05, 0) is 18.2 Å². The van der Waals surface area contributed by atoms with Gasteiger partial charge in [0.25, 0.3) is 0 Å². The van der Waals surface area contributed by atoms with Crippen molar-refractivity contribution in [1.82, 2.24) is 0 Å². The Balaban J connectivity index is 2.14. The fraction of sp³-hybridized carbons (Fsp3) is 0.167. The summed E-state index contributed by atoms with van der Waals surface area (Å²) in [4.78, 5) is 0. The standard InChI is InChI=1S/C12H10O2/c1-2-4-11-9(3-1)7-12(14-11)10-5-6-13-8-10/h1-5,7H,6,8H2. The summed E-state index contributed by atoms with van der Waals surface area (Å²) in [6, 6.07) is 10.1. The second-order valence-corrected chi connectivity index (χ2v) is 3.39. The van der Waals surface area contributed by atoms with Gasteiger partial charge in [-0.15, -0.1) is 0 Å². The highest BCUT2D eigenvalue weighted by Crippen LogP contribution is 2.26. The molecule has 1 aliphatic heterocycles. The van der Waals surface area contributed by atoms with Gasteiger partial charge >= 0.3 is 0 Å². The van der Waals surface area contributed by atoms with E-state index in [1.807, 2.05) is 18.2 Å². The minimum absolute atomic E-state index is 0.666. The molecule has 0 saturated heterocycles. The average Bonchev–Trinajstić information content (AvgIpc) is 2.86. The Morgan fingerprint density at radius 3 is 2.86 bits per heavy atom. The van der Waals surface area contributed by atoms with Crippen LogP contribution in [0.2, 0.25) is 0 Å². The van der Waals surface area contributed by atoms with Crippen LogP contribution in [-0.4, -0.2) is 13.2 Å². The van der Waals surface area contributed by atoms with Crippen molar-refractivity contribution < 1.29 is 9.15 Å². The highest BCUT2D eigenvalue weighted by molar-refractivity contribution is 5.82. The summed E-state index contributed by atoms with van der Waals surface area (Å²) in [6.45, 7) is 1.37. The molecule has 0 unspecified atom stereocenters. The van der Waals surface area contributed by atoms with Crippen LogP contribution in [0.4, 0.5) is 0 Å². The first kappa shape index (κ1) is 7.83. The zero-order valence-corrected chi connectivity index (χ0v) is 7.69. The molecule has 0 N–H and O–H groups in total. The van der Waals surface area contributed by atoms with Crippen molar-refractivity contribution in [1.29, 1.82) is 0 Å². The number of ether oxygens (including phenoxy) is 1. The number of fused-ring (bicyclic) bond motifs is 1. The molecule has 1 aromatic heterocycles. The molecule has 2 heteroatoms. The molecule has 0 atom stereocenters. The zero-order chi connectivity index (χ0) is 9.38. The van der Waals surface area contributed by atoms with E-state index >= 15 is 0 Å². The third-order valence-electron chi connectivity index (χ3n) is 2.45. The van der Waals surface area contributed by atoms with Crippen LogP contribution in [0.3, 0.4) is 0 Å². The van der Waals surface area contributed by atoms with Crippen LogP contribution in [0, 0.1) is 0 Å². The van der Waals surface area contributed by atoms with E-state index in [1.54, 1.807) is 0 Å². The van der Waals surface area contributed by atoms with Crippen LogP contribution in [-0.2, 0) is 4.74 Å². The molecular formula is C12H10O2. The van der Waals surface area contributed by atoms with Crippen LogP contribution >= 0.6 is 0 Å². The van der Waals surface area contributed by atoms with Crippen LogP contribution in [0.15, 0.2) is 40.8 Å². The Bertz CT molecular complexity index is 461. The predicted molar refractivity (Wildman–Crippen MR) is 55.0 cm³/mol. The smallest absolute Gasteiger partial charge is 0.134 e. The quantitative estimate of drug-likeness (QED) is 0.683. The molecule has 0 fully saturated rings. The maximum Gasteiger partial charge on any atom is 0.134 e. The first-order valence-electron chi connectivity index (χ1n) is 4.69. The fourth-order valence-electron chi connectivity index (χ4n) is 1.70. The van der Waals surface area contributed by atoms with E-state index in [9.17, 15) is 0 Å². The van der Waals surface area contributed by atoms with E-state index in [2.05, 4.69) is 18.2 Å². The van der Waals surface area contributed by atoms with Crippen LogP contribution in [0.1, 0.15) is 5.76 Å². The number of furan rings is 1. The summed E-state index contributed by atoms with van der Waals surface area (Å²) >= 11 is 0. The van der Waals surface area contributed by atoms with Gasteiger partial charge in [0, 0.05) is 11.0 Å². The minimum Gasteiger partial charge on any atom is -0.456 e. The SMILES string of the molecule is C1=C(c2cc3ccccc3o2)COC1. The van der Waals surface area contributed by atoms with Gasteiger partial charge in [-0.3, -0.25) is 0 Å². The lowest BCUT2D eigenvalue weighted by Gasteiger charge is -1.93. The Hall–Kier alpha value is -1.54. The lowest BCUT2D eigenvalue weighted by atomic mass is 10.2. The van der Waals surface area contributed by atoms with Crippen LogP contribution in [0.25, 0.3) is 16.5 Å². The number of hydrogen-bond acceptors (Lipinski definition) is 2. The molecule has 1 aliphatic rings. The number of rotatable bonds is 1. The van der Waals surface area contributed by atoms with Crippen LogP contribution in [0.5, 0.6) is 0 Å². The molecule has 0 radical (unpaired) electrons. The molecule has 70 valence electrons. The highest BCUT2D eigenvalue weighted by atomic mass is 16.5. The molecule has 2 heterocycles. The molecule has 0 bridgehead atoms. The van der Waals surface area contributed by atoms with E-state index in [0.717, 1.165) is 22.3 Å². The third kappa shape index (κ3) is 1.16. The van der Waals surface area contributed by atoms with E-state index in [-0.39, 0.29) is 0 Å². The number of hydrogen-bond donors (Lipinski definition) is 0. The van der Waals surface area contributed by atoms with Gasteiger partial charge < -0.3 is 9.15 Å². The van der Waals surface area contributed by atoms with Gasteiger partial charge in [-0.2, -0.15) is 0 Å². The van der Waals surface area contributed by atoms with E-state index < -0.39 is 0 Å². The molecule has 2 aromatic rings. The molecule has 14 heavy (non-hydrogen) atoms. The van der Waals surface area contributed by atoms with Crippen molar-refractivity contribution >= 4 is 16.5 Å². The average molecular weight is 186 g/mol. The highest BCUT2D eigenvalue weighted by Gasteiger charge is 2.11. The minimum atomic E-state index is 0.666. The van der Waals surface area contributed by atoms with Crippen molar-refractivity contribution in [3.63, 3.8) is 0 Å². The Kier molecular flexibility index (Phi) is 1.67. The van der Waals surface area contributed by atoms with Gasteiger partial charge in [0.1, 0.15) is 11.3 Å². The van der Waals surface area contributed by atoms with Crippen LogP contribution < -0.4 is 0 Å². The summed E-state index contributed by atoms with van der Waals surface area (Å²) in [6.07, 6.45) is 2.07. The van der Waals surface area contributed by atoms with Gasteiger partial charge in [-0.1, -0.05) is 18.2 Å². The van der Waals surface area contributed by atoms with Crippen molar-refractivity contribution in [3.8, 4) is 0 Å². The molecule has 0 aliphatic carbocycles. The molecular weight excluding hydrogens is 176 g/mol. The third-order valence-corrected chi connectivity index (χ3v) is 2.45. The maximum absolute atomic E-state index is 5.70. The van der Waals surface area contributed by atoms with E-state index in [0.29, 0.717) is 13.2 Å². The lowest BCUT2D eigenvalue weighted by Crippen LogP contribution is -1.84. The lowest BCUT2D eigenvalue weighted by molar-refractivity contribution is 0.215. The van der Waals surface area contributed by atoms with Crippen molar-refractivity contribution in [2.75, 3.05) is 13.2 Å². The summed E-state index contributed by atoms with van der Waals surface area (Å²) in [5, 5.41) is 1.15. The molecule has 1 aromatic carbocycles. The van der Waals surface area contributed by atoms with Crippen molar-refractivity contribution in [2.45, 2.75) is 0 Å². The maximum atomic E-state index is 5.70. The molecule has 3 rings (SSSR count). The molecule has 0 saturated carbocycles. The second kappa shape index (κ2) is 3.00. The van der Waals surface area contributed by atoms with Gasteiger partial charge in [-0.25, -0.2) is 0 Å². The molecule has 0 amide bonds. The topological polar surface area (TPSA) is 22.4 Å². The summed E-state index contributed by atoms with van der Waals surface area (Å²) in [5.74, 6) is 0.934. The van der Waals surface area contributed by atoms with E-state index in [1.165, 1.54) is 0 Å². The fourth-order valence-corrected chi connectivity index (χ4v) is 1.70. The predicted octanol–water partition coefficient (Wildman–Crippen LogP) is 2.85. The van der Waals surface area contributed by atoms with Crippen molar-refractivity contribution in [3.05, 3.63) is 42.2 Å². The second-order valence-electron chi connectivity index (χ2n) is 3.39. The van der Waals surface area contributed by atoms with Gasteiger partial charge in [0.15, 0.2) is 0 Å². The zero-order valence-electron chi connectivity index (χ0n) is 7.69. The molecule has 2 nitrogen and oxygen atoms in total. The first-order valence-corrected chi connectivity index (χ1v) is 4.69. The number of para-hydroxylation sites is 1. The van der Waals surface area contributed by atoms with Crippen molar-refractivity contribution in [2.24, 2.45) is 0 Å².